The Morgan fingerprint density at radius 1 is 0.486 bits per heavy atom. The Labute approximate surface area is 647 Å². The van der Waals surface area contributed by atoms with Gasteiger partial charge in [-0.1, -0.05) is 183 Å². The van der Waals surface area contributed by atoms with Gasteiger partial charge in [0.25, 0.3) is 0 Å². The second-order valence-corrected chi connectivity index (χ2v) is 29.7. The predicted octanol–water partition coefficient (Wildman–Crippen LogP) is 13.9. The van der Waals surface area contributed by atoms with Gasteiger partial charge in [-0.05, 0) is 132 Å². The Bertz CT molecular complexity index is 4550. The summed E-state index contributed by atoms with van der Waals surface area (Å²) in [5.74, 6) is 2.15. The van der Waals surface area contributed by atoms with Crippen molar-refractivity contribution in [3.8, 4) is 67.3 Å². The second-order valence-electron chi connectivity index (χ2n) is 29.7. The fraction of sp³-hybridized carbons (Fsp3) is 0.417. The minimum absolute atomic E-state index is 0.00131. The summed E-state index contributed by atoms with van der Waals surface area (Å²) in [6.07, 6.45) is 16.8. The van der Waals surface area contributed by atoms with Crippen LogP contribution in [0.15, 0.2) is 162 Å². The molecule has 4 aliphatic heterocycles. The molecule has 27 nitrogen and oxygen atoms in total. The fourth-order valence-electron chi connectivity index (χ4n) is 14.4. The molecule has 4 fully saturated rings. The van der Waals surface area contributed by atoms with Crippen molar-refractivity contribution in [3.63, 3.8) is 0 Å². The van der Waals surface area contributed by atoms with Crippen LogP contribution < -0.4 is 16.4 Å². The van der Waals surface area contributed by atoms with Gasteiger partial charge in [0.1, 0.15) is 48.0 Å². The normalized spacial score (nSPS) is 18.1. The molecule has 0 bridgehead atoms. The van der Waals surface area contributed by atoms with Gasteiger partial charge in [-0.3, -0.25) is 14.4 Å². The smallest absolute Gasteiger partial charge is 0.408 e. The van der Waals surface area contributed by atoms with Gasteiger partial charge in [-0.15, -0.1) is 0 Å². The monoisotopic (exact) mass is 1510 g/mol. The zero-order chi connectivity index (χ0) is 78.7. The number of hydrogen-bond donors (Lipinski definition) is 8. The highest BCUT2D eigenvalue weighted by Crippen LogP contribution is 2.38. The molecule has 586 valence electrons. The van der Waals surface area contributed by atoms with E-state index in [1.165, 1.54) is 33.4 Å². The summed E-state index contributed by atoms with van der Waals surface area (Å²) in [5, 5.41) is 14.7. The molecule has 27 heteroatoms. The summed E-state index contributed by atoms with van der Waals surface area (Å²) in [4.78, 5) is 128. The third-order valence-electron chi connectivity index (χ3n) is 20.7. The summed E-state index contributed by atoms with van der Waals surface area (Å²) in [6, 6.07) is 40.4. The number of hydrogen-bond acceptors (Lipinski definition) is 18. The van der Waals surface area contributed by atoms with Gasteiger partial charge in [-0.25, -0.2) is 39.5 Å². The lowest BCUT2D eigenvalue weighted by Crippen LogP contribution is -2.46. The topological polar surface area (TPSA) is 351 Å². The Hall–Kier alpha value is -11.1. The van der Waals surface area contributed by atoms with E-state index in [-0.39, 0.29) is 66.1 Å². The third kappa shape index (κ3) is 20.5. The minimum atomic E-state index is -1.07. The number of likely N-dealkylation sites (tertiary alicyclic amines) is 3. The lowest BCUT2D eigenvalue weighted by Gasteiger charge is -2.27. The van der Waals surface area contributed by atoms with Gasteiger partial charge in [-0.2, -0.15) is 9.78 Å². The molecule has 5 aromatic carbocycles. The van der Waals surface area contributed by atoms with Crippen LogP contribution in [-0.4, -0.2) is 167 Å². The van der Waals surface area contributed by atoms with E-state index in [1.807, 2.05) is 111 Å². The van der Waals surface area contributed by atoms with Gasteiger partial charge in [0.05, 0.1) is 92.0 Å². The number of aliphatic carboxylic acids is 1. The first-order chi connectivity index (χ1) is 53.7. The van der Waals surface area contributed by atoms with Crippen LogP contribution in [0.2, 0.25) is 0 Å². The van der Waals surface area contributed by atoms with Crippen molar-refractivity contribution in [1.29, 1.82) is 0 Å². The van der Waals surface area contributed by atoms with Crippen LogP contribution in [0.3, 0.4) is 0 Å². The largest absolute Gasteiger partial charge is 0.480 e. The average Bonchev–Trinajstić information content (AvgIpc) is 1.68. The number of ether oxygens (including phenoxy) is 1. The number of carboxylic acid groups (broad SMARTS) is 1. The van der Waals surface area contributed by atoms with Crippen LogP contribution in [0.5, 0.6) is 0 Å². The maximum atomic E-state index is 13.5. The Morgan fingerprint density at radius 2 is 0.847 bits per heavy atom. The summed E-state index contributed by atoms with van der Waals surface area (Å²) < 4.78 is 4.95. The van der Waals surface area contributed by atoms with Crippen LogP contribution in [0, 0.1) is 23.7 Å². The van der Waals surface area contributed by atoms with Crippen molar-refractivity contribution in [1.82, 2.24) is 65.2 Å². The number of aromatic nitrogens is 8. The van der Waals surface area contributed by atoms with E-state index >= 15 is 0 Å². The van der Waals surface area contributed by atoms with Crippen LogP contribution in [0.1, 0.15) is 160 Å². The van der Waals surface area contributed by atoms with Crippen LogP contribution in [0.25, 0.3) is 67.3 Å². The molecule has 9 N–H and O–H groups in total. The van der Waals surface area contributed by atoms with E-state index in [4.69, 9.17) is 30.3 Å². The highest BCUT2D eigenvalue weighted by atomic mass is 17.2. The molecule has 8 atom stereocenters. The summed E-state index contributed by atoms with van der Waals surface area (Å²) in [6.45, 7) is 18.5. The number of aliphatic imine (C=N–C) groups is 2. The lowest BCUT2D eigenvalue weighted by molar-refractivity contribution is -0.188. The van der Waals surface area contributed by atoms with Crippen molar-refractivity contribution in [3.05, 3.63) is 181 Å². The molecule has 4 aromatic heterocycles. The van der Waals surface area contributed by atoms with Gasteiger partial charge in [0, 0.05) is 19.6 Å². The van der Waals surface area contributed by atoms with E-state index in [0.29, 0.717) is 25.7 Å². The van der Waals surface area contributed by atoms with Gasteiger partial charge >= 0.3 is 12.1 Å². The molecular formula is C84H104N16O11. The predicted molar refractivity (Wildman–Crippen MR) is 424 cm³/mol. The Kier molecular flexibility index (Phi) is 28.0. The molecule has 13 rings (SSSR count). The first-order valence-electron chi connectivity index (χ1n) is 38.3. The second kappa shape index (κ2) is 38.5. The van der Waals surface area contributed by atoms with Crippen LogP contribution in [-0.2, 0) is 50.1 Å². The Morgan fingerprint density at radius 3 is 1.18 bits per heavy atom. The van der Waals surface area contributed by atoms with E-state index in [2.05, 4.69) is 162 Å². The molecule has 9 aromatic rings. The highest BCUT2D eigenvalue weighted by Gasteiger charge is 2.40. The number of carbonyl (C=O) groups is 5. The number of carbonyl (C=O) groups excluding carboxylic acids is 4. The molecule has 4 aliphatic rings. The molecule has 0 aliphatic carbocycles. The number of imidazole rings is 4. The number of aromatic amines is 4. The minimum Gasteiger partial charge on any atom is -0.480 e. The molecule has 0 spiro atoms. The first-order valence-corrected chi connectivity index (χ1v) is 38.3. The van der Waals surface area contributed by atoms with Crippen molar-refractivity contribution in [2.45, 2.75) is 162 Å². The Balaban J connectivity index is 0.000000182. The SMILES string of the molecule is CC(C)[C@H](NC(=O)OCc1ccccc1)C(=O)O.COOC=N[C@H](C(=O)N1CCC[C@H]1c1ncc(-c2ccc(-c3ccc(-c4cnc([C@@H]5CCCN5)[nH]4)cc3)cc2)[nH]1)C(C)C.COOC=N[C@H](C(=O)N1CCC[C@H]1c1ncc(-c2ccc(-c3ccc(-c4cnc([C@@H]5CCCN5C(=O)[C@@H](N)C(C)C)[nH]4)cc3)cc2)[nH]1)C(C)C. The van der Waals surface area contributed by atoms with Crippen LogP contribution in [0.4, 0.5) is 4.79 Å². The number of H-pyrrole nitrogens is 4. The molecule has 0 unspecified atom stereocenters. The van der Waals surface area contributed by atoms with Gasteiger partial charge < -0.3 is 70.6 Å². The number of rotatable bonds is 27. The number of alkyl carbamates (subject to hydrolysis) is 1. The average molecular weight is 1510 g/mol. The van der Waals surface area contributed by atoms with E-state index < -0.39 is 36.2 Å². The number of carboxylic acids is 1. The molecule has 0 saturated carbocycles. The third-order valence-corrected chi connectivity index (χ3v) is 20.7. The summed E-state index contributed by atoms with van der Waals surface area (Å²) >= 11 is 0. The van der Waals surface area contributed by atoms with Crippen molar-refractivity contribution >= 4 is 42.6 Å². The molecular weight excluding hydrogens is 1410 g/mol. The quantitative estimate of drug-likeness (QED) is 0.0103. The molecule has 4 saturated heterocycles. The maximum Gasteiger partial charge on any atom is 0.408 e. The zero-order valence-electron chi connectivity index (χ0n) is 64.8. The van der Waals surface area contributed by atoms with Crippen LogP contribution >= 0.6 is 0 Å². The molecule has 0 radical (unpaired) electrons. The maximum absolute atomic E-state index is 13.5. The number of nitrogens with two attached hydrogens (primary N) is 1. The summed E-state index contributed by atoms with van der Waals surface area (Å²) in [7, 11) is 2.80. The number of amides is 4. The van der Waals surface area contributed by atoms with E-state index in [1.54, 1.807) is 13.8 Å². The van der Waals surface area contributed by atoms with Gasteiger partial charge in [0.15, 0.2) is 0 Å². The van der Waals surface area contributed by atoms with Crippen molar-refractivity contribution < 1.29 is 53.4 Å². The molecule has 111 heavy (non-hydrogen) atoms. The fourth-order valence-corrected chi connectivity index (χ4v) is 14.4. The lowest BCUT2D eigenvalue weighted by atomic mass is 10.0. The van der Waals surface area contributed by atoms with Gasteiger partial charge in [0.2, 0.25) is 30.5 Å². The van der Waals surface area contributed by atoms with Crippen molar-refractivity contribution in [2.75, 3.05) is 40.4 Å². The zero-order valence-corrected chi connectivity index (χ0v) is 64.8. The standard InChI is InChI=1S/C38H48N8O4.C33H39N7O3.C13H17NO4/c1-23(2)33(39)37(47)45-18-6-8-31(45)35-40-20-29(43-35)27-14-10-25(11-15-27)26-12-16-28(17-13-26)30-21-41-36(44-30)32-9-7-19-46(32)38(48)34(24(3)4)42-22-50-49-5;1-21(2)30(37-20-43-42-3)33(41)40-17-5-7-29(40)32-36-19-28(39-32)25-14-10-23(11-15-25)22-8-12-24(13-9-22)27-18-35-31(38-27)26-6-4-16-34-26;1-9(2)11(12(15)16)14-13(17)18-8-10-6-4-3-5-7-10/h10-17,20-24,31-34H,6-9,18-19,39H2,1-5H3,(H,40,43)(H,41,44);8-15,18-21,26,29-30,34H,4-7,16-17H2,1-3H3,(H,35,38)(H,36,39);3-7,9,11H,8H2,1-2H3,(H,14,17)(H,15,16)/t31-,32-,33-,34-;26-,29-,30-;11-/m000/s1. The molecule has 8 heterocycles. The van der Waals surface area contributed by atoms with Crippen molar-refractivity contribution in [2.24, 2.45) is 39.4 Å². The molecule has 4 amide bonds. The number of nitrogens with one attached hydrogen (secondary N) is 6. The van der Waals surface area contributed by atoms with E-state index in [0.717, 1.165) is 148 Å². The van der Waals surface area contributed by atoms with E-state index in [9.17, 15) is 24.0 Å². The highest BCUT2D eigenvalue weighted by molar-refractivity contribution is 5.86. The first kappa shape index (κ1) is 80.9. The summed E-state index contributed by atoms with van der Waals surface area (Å²) in [5.41, 5.74) is 19.5. The number of benzene rings is 5. The number of nitrogens with zero attached hydrogens (tertiary/aromatic N) is 9.